The fourth-order valence-corrected chi connectivity index (χ4v) is 1.89. The number of hydrogen-bond donors (Lipinski definition) is 2. The van der Waals surface area contributed by atoms with Crippen molar-refractivity contribution in [3.8, 4) is 11.5 Å². The maximum atomic E-state index is 12.0. The molecule has 1 aromatic carbocycles. The molecule has 2 rings (SSSR count). The average Bonchev–Trinajstić information content (AvgIpc) is 3.01. The zero-order chi connectivity index (χ0) is 15.9. The van der Waals surface area contributed by atoms with Gasteiger partial charge < -0.3 is 24.5 Å². The van der Waals surface area contributed by atoms with Gasteiger partial charge in [-0.3, -0.25) is 4.79 Å². The van der Waals surface area contributed by atoms with Crippen LogP contribution < -0.4 is 20.1 Å². The molecule has 0 aliphatic heterocycles. The van der Waals surface area contributed by atoms with Crippen molar-refractivity contribution in [3.05, 3.63) is 41.6 Å². The van der Waals surface area contributed by atoms with Crippen LogP contribution in [0.25, 0.3) is 0 Å². The van der Waals surface area contributed by atoms with E-state index in [0.29, 0.717) is 30.5 Å². The van der Waals surface area contributed by atoms with Crippen LogP contribution in [0.4, 0.5) is 0 Å². The molecule has 0 bridgehead atoms. The van der Waals surface area contributed by atoms with Gasteiger partial charge in [0.25, 0.3) is 5.91 Å². The van der Waals surface area contributed by atoms with Crippen molar-refractivity contribution in [2.75, 3.05) is 21.3 Å². The van der Waals surface area contributed by atoms with Crippen LogP contribution in [0, 0.1) is 0 Å². The normalized spacial score (nSPS) is 10.3. The predicted octanol–water partition coefficient (Wildman–Crippen LogP) is 1.34. The van der Waals surface area contributed by atoms with Gasteiger partial charge in [-0.25, -0.2) is 4.98 Å². The molecule has 22 heavy (non-hydrogen) atoms. The second-order valence-electron chi connectivity index (χ2n) is 4.56. The monoisotopic (exact) mass is 305 g/mol. The number of benzene rings is 1. The molecular weight excluding hydrogens is 286 g/mol. The number of carbonyl (C=O) groups is 1. The first-order chi connectivity index (χ1) is 10.7. The summed E-state index contributed by atoms with van der Waals surface area (Å²) in [4.78, 5) is 16.1. The Morgan fingerprint density at radius 1 is 1.18 bits per heavy atom. The molecule has 2 N–H and O–H groups in total. The Bertz CT molecular complexity index is 617. The fourth-order valence-electron chi connectivity index (χ4n) is 1.89. The van der Waals surface area contributed by atoms with Gasteiger partial charge in [0, 0.05) is 12.6 Å². The van der Waals surface area contributed by atoms with Crippen LogP contribution in [0.5, 0.6) is 11.5 Å². The predicted molar refractivity (Wildman–Crippen MR) is 80.0 cm³/mol. The molecule has 0 saturated carbocycles. The first-order valence-corrected chi connectivity index (χ1v) is 6.75. The van der Waals surface area contributed by atoms with Crippen LogP contribution in [0.3, 0.4) is 0 Å². The van der Waals surface area contributed by atoms with E-state index in [4.69, 9.17) is 13.9 Å². The molecule has 118 valence electrons. The zero-order valence-corrected chi connectivity index (χ0v) is 12.8. The van der Waals surface area contributed by atoms with E-state index in [1.165, 1.54) is 6.26 Å². The van der Waals surface area contributed by atoms with Crippen LogP contribution in [0.15, 0.2) is 28.9 Å². The Kier molecular flexibility index (Phi) is 5.37. The van der Waals surface area contributed by atoms with E-state index in [9.17, 15) is 4.79 Å². The molecule has 0 aliphatic rings. The fraction of sp³-hybridized carbons (Fsp3) is 0.333. The van der Waals surface area contributed by atoms with E-state index in [2.05, 4.69) is 15.6 Å². The summed E-state index contributed by atoms with van der Waals surface area (Å²) in [5.74, 6) is 1.51. The van der Waals surface area contributed by atoms with E-state index >= 15 is 0 Å². The van der Waals surface area contributed by atoms with Gasteiger partial charge in [-0.2, -0.15) is 0 Å². The molecule has 7 heteroatoms. The third-order valence-electron chi connectivity index (χ3n) is 2.98. The highest BCUT2D eigenvalue weighted by molar-refractivity contribution is 5.91. The van der Waals surface area contributed by atoms with Crippen molar-refractivity contribution in [2.24, 2.45) is 0 Å². The zero-order valence-electron chi connectivity index (χ0n) is 12.8. The number of ether oxygens (including phenoxy) is 2. The number of aromatic nitrogens is 1. The third kappa shape index (κ3) is 3.98. The van der Waals surface area contributed by atoms with E-state index in [1.54, 1.807) is 27.3 Å². The molecule has 0 unspecified atom stereocenters. The Hall–Kier alpha value is -2.54. The summed E-state index contributed by atoms with van der Waals surface area (Å²) < 4.78 is 15.6. The Morgan fingerprint density at radius 3 is 2.45 bits per heavy atom. The van der Waals surface area contributed by atoms with Crippen LogP contribution >= 0.6 is 0 Å². The highest BCUT2D eigenvalue weighted by Gasteiger charge is 2.12. The maximum Gasteiger partial charge on any atom is 0.273 e. The largest absolute Gasteiger partial charge is 0.497 e. The summed E-state index contributed by atoms with van der Waals surface area (Å²) in [7, 11) is 4.94. The minimum atomic E-state index is -0.298. The van der Waals surface area contributed by atoms with Crippen molar-refractivity contribution < 1.29 is 18.7 Å². The van der Waals surface area contributed by atoms with E-state index < -0.39 is 0 Å². The number of nitrogens with zero attached hydrogens (tertiary/aromatic N) is 1. The summed E-state index contributed by atoms with van der Waals surface area (Å²) in [5.41, 5.74) is 1.11. The van der Waals surface area contributed by atoms with Crippen molar-refractivity contribution in [3.63, 3.8) is 0 Å². The van der Waals surface area contributed by atoms with Crippen LogP contribution in [0.1, 0.15) is 21.9 Å². The quantitative estimate of drug-likeness (QED) is 0.803. The summed E-state index contributed by atoms with van der Waals surface area (Å²) in [5, 5.41) is 5.68. The standard InChI is InChI=1S/C15H19N3O4/c1-16-8-14-18-13(9-22-14)15(19)17-7-10-4-11(20-2)6-12(5-10)21-3/h4-6,9,16H,7-8H2,1-3H3,(H,17,19). The molecular formula is C15H19N3O4. The number of oxazole rings is 1. The highest BCUT2D eigenvalue weighted by Crippen LogP contribution is 2.22. The number of rotatable bonds is 7. The molecule has 1 aromatic heterocycles. The van der Waals surface area contributed by atoms with Gasteiger partial charge in [0.15, 0.2) is 5.69 Å². The first kappa shape index (κ1) is 15.8. The number of carbonyl (C=O) groups excluding carboxylic acids is 1. The van der Waals surface area contributed by atoms with Gasteiger partial charge in [-0.1, -0.05) is 0 Å². The summed E-state index contributed by atoms with van der Waals surface area (Å²) in [6.45, 7) is 0.807. The lowest BCUT2D eigenvalue weighted by Crippen LogP contribution is -2.23. The van der Waals surface area contributed by atoms with Crippen molar-refractivity contribution in [1.82, 2.24) is 15.6 Å². The molecule has 0 saturated heterocycles. The van der Waals surface area contributed by atoms with Gasteiger partial charge in [0.1, 0.15) is 17.8 Å². The maximum absolute atomic E-state index is 12.0. The van der Waals surface area contributed by atoms with Gasteiger partial charge in [0.05, 0.1) is 20.8 Å². The second-order valence-corrected chi connectivity index (χ2v) is 4.56. The molecule has 0 atom stereocenters. The first-order valence-electron chi connectivity index (χ1n) is 6.75. The van der Waals surface area contributed by atoms with Crippen LogP contribution in [-0.4, -0.2) is 32.2 Å². The Labute approximate surface area is 128 Å². The number of amides is 1. The smallest absolute Gasteiger partial charge is 0.273 e. The topological polar surface area (TPSA) is 85.6 Å². The lowest BCUT2D eigenvalue weighted by Gasteiger charge is -2.09. The number of nitrogens with one attached hydrogen (secondary N) is 2. The second kappa shape index (κ2) is 7.46. The van der Waals surface area contributed by atoms with Gasteiger partial charge in [0.2, 0.25) is 5.89 Å². The highest BCUT2D eigenvalue weighted by atomic mass is 16.5. The van der Waals surface area contributed by atoms with Gasteiger partial charge in [-0.15, -0.1) is 0 Å². The minimum absolute atomic E-state index is 0.250. The summed E-state index contributed by atoms with van der Waals surface area (Å²) in [6.07, 6.45) is 1.34. The lowest BCUT2D eigenvalue weighted by molar-refractivity contribution is 0.0945. The van der Waals surface area contributed by atoms with E-state index in [0.717, 1.165) is 5.56 Å². The van der Waals surface area contributed by atoms with E-state index in [-0.39, 0.29) is 11.6 Å². The van der Waals surface area contributed by atoms with Crippen molar-refractivity contribution >= 4 is 5.91 Å². The Balaban J connectivity index is 2.00. The average molecular weight is 305 g/mol. The molecule has 0 aliphatic carbocycles. The molecule has 1 heterocycles. The van der Waals surface area contributed by atoms with Crippen molar-refractivity contribution in [2.45, 2.75) is 13.1 Å². The molecule has 2 aromatic rings. The molecule has 1 amide bonds. The summed E-state index contributed by atoms with van der Waals surface area (Å²) in [6, 6.07) is 5.43. The number of hydrogen-bond acceptors (Lipinski definition) is 6. The third-order valence-corrected chi connectivity index (χ3v) is 2.98. The molecule has 7 nitrogen and oxygen atoms in total. The molecule has 0 fully saturated rings. The van der Waals surface area contributed by atoms with Crippen molar-refractivity contribution in [1.29, 1.82) is 0 Å². The van der Waals surface area contributed by atoms with Gasteiger partial charge in [-0.05, 0) is 24.7 Å². The summed E-state index contributed by atoms with van der Waals surface area (Å²) >= 11 is 0. The number of methoxy groups -OCH3 is 2. The SMILES string of the molecule is CNCc1nc(C(=O)NCc2cc(OC)cc(OC)c2)co1. The minimum Gasteiger partial charge on any atom is -0.497 e. The molecule has 0 spiro atoms. The van der Waals surface area contributed by atoms with E-state index in [1.807, 2.05) is 12.1 Å². The lowest BCUT2D eigenvalue weighted by atomic mass is 10.2. The Morgan fingerprint density at radius 2 is 1.86 bits per heavy atom. The van der Waals surface area contributed by atoms with Crippen LogP contribution in [0.2, 0.25) is 0 Å². The molecule has 0 radical (unpaired) electrons. The van der Waals surface area contributed by atoms with Gasteiger partial charge >= 0.3 is 0 Å². The van der Waals surface area contributed by atoms with Crippen LogP contribution in [-0.2, 0) is 13.1 Å².